The van der Waals surface area contributed by atoms with Gasteiger partial charge in [-0.1, -0.05) is 38.1 Å². The van der Waals surface area contributed by atoms with Gasteiger partial charge in [0.1, 0.15) is 0 Å². The first-order chi connectivity index (χ1) is 16.4. The Morgan fingerprint density at radius 1 is 0.657 bits per heavy atom. The van der Waals surface area contributed by atoms with Crippen molar-refractivity contribution in [3.05, 3.63) is 82.7 Å². The van der Waals surface area contributed by atoms with Gasteiger partial charge in [-0.05, 0) is 51.3 Å². The van der Waals surface area contributed by atoms with E-state index in [-0.39, 0.29) is 40.4 Å². The van der Waals surface area contributed by atoms with E-state index in [0.717, 1.165) is 0 Å². The van der Waals surface area contributed by atoms with Crippen LogP contribution in [0, 0.1) is 13.8 Å². The van der Waals surface area contributed by atoms with Crippen LogP contribution >= 0.6 is 0 Å². The van der Waals surface area contributed by atoms with Gasteiger partial charge < -0.3 is 19.7 Å². The third kappa shape index (κ3) is 7.14. The van der Waals surface area contributed by atoms with Gasteiger partial charge in [-0.25, -0.2) is 0 Å². The van der Waals surface area contributed by atoms with Crippen molar-refractivity contribution >= 4 is 34.0 Å². The Labute approximate surface area is 213 Å². The fraction of sp³-hybridized carbons (Fsp3) is 0.231. The third-order valence-electron chi connectivity index (χ3n) is 4.78. The quantitative estimate of drug-likeness (QED) is 0.510. The SMILES string of the molecule is CCO/C([O-])=c1/cnc2ccccc2nc/c(=C(/[O-])OCC)c(C)nc2ccccc2nc1C.[Co+2]. The van der Waals surface area contributed by atoms with Gasteiger partial charge in [0.05, 0.1) is 34.0 Å². The first-order valence-electron chi connectivity index (χ1n) is 10.9. The fourth-order valence-corrected chi connectivity index (χ4v) is 3.09. The zero-order valence-corrected chi connectivity index (χ0v) is 21.0. The summed E-state index contributed by atoms with van der Waals surface area (Å²) in [4.78, 5) is 18.2. The number of hydrogen-bond donors (Lipinski definition) is 0. The van der Waals surface area contributed by atoms with Crippen LogP contribution in [-0.2, 0) is 26.3 Å². The number of fused-ring (bicyclic) bond motifs is 2. The van der Waals surface area contributed by atoms with E-state index in [1.54, 1.807) is 64.1 Å². The van der Waals surface area contributed by atoms with Gasteiger partial charge in [0.25, 0.3) is 0 Å². The molecular formula is C26H26CoN4O4. The molecule has 8 nitrogen and oxygen atoms in total. The molecule has 0 aliphatic heterocycles. The van der Waals surface area contributed by atoms with Crippen molar-refractivity contribution in [2.45, 2.75) is 27.7 Å². The van der Waals surface area contributed by atoms with Crippen LogP contribution in [0.1, 0.15) is 25.2 Å². The molecule has 0 atom stereocenters. The van der Waals surface area contributed by atoms with Crippen molar-refractivity contribution in [2.24, 2.45) is 0 Å². The summed E-state index contributed by atoms with van der Waals surface area (Å²) in [6.45, 7) is 7.32. The molecule has 0 aliphatic carbocycles. The van der Waals surface area contributed by atoms with Gasteiger partial charge >= 0.3 is 16.8 Å². The standard InChI is InChI=1S/C26H28N4O4.Co/c1-5-33-25(31)19-15-27-21-11-7-8-12-22(21)28-16-20(26(32)34-6-2)18(4)30-24-14-10-9-13-23(24)29-17(19)3;/h7-16,31-32H,5-6H2,1-4H3;/q;+2/p-2/b25-19-,26-20+,27-15?,28-16?,29-17?,30-18?;. The average Bonchev–Trinajstić information content (AvgIpc) is 2.81. The van der Waals surface area contributed by atoms with Gasteiger partial charge in [0, 0.05) is 34.2 Å². The van der Waals surface area contributed by atoms with Crippen molar-refractivity contribution < 1.29 is 36.5 Å². The van der Waals surface area contributed by atoms with E-state index >= 15 is 0 Å². The molecule has 1 aromatic heterocycles. The molecule has 1 radical (unpaired) electrons. The number of rotatable bonds is 4. The average molecular weight is 517 g/mol. The first kappa shape index (κ1) is 27.6. The molecule has 0 N–H and O–H groups in total. The number of ether oxygens (including phenoxy) is 2. The Morgan fingerprint density at radius 2 is 1.00 bits per heavy atom. The second-order valence-corrected chi connectivity index (χ2v) is 7.16. The smallest absolute Gasteiger partial charge is 0.613 e. The van der Waals surface area contributed by atoms with Crippen molar-refractivity contribution in [3.63, 3.8) is 0 Å². The zero-order valence-electron chi connectivity index (χ0n) is 19.9. The molecule has 3 aromatic rings. The zero-order chi connectivity index (χ0) is 24.5. The second-order valence-electron chi connectivity index (χ2n) is 7.16. The van der Waals surface area contributed by atoms with E-state index in [0.29, 0.717) is 33.5 Å². The van der Waals surface area contributed by atoms with Crippen LogP contribution in [0.3, 0.4) is 0 Å². The van der Waals surface area contributed by atoms with Gasteiger partial charge in [0.2, 0.25) is 0 Å². The topological polar surface area (TPSA) is 116 Å². The molecule has 183 valence electrons. The number of para-hydroxylation sites is 4. The molecule has 0 unspecified atom stereocenters. The van der Waals surface area contributed by atoms with Crippen LogP contribution in [-0.4, -0.2) is 33.1 Å². The van der Waals surface area contributed by atoms with Crippen LogP contribution < -0.4 is 20.7 Å². The molecule has 2 aromatic carbocycles. The molecule has 1 heterocycles. The predicted molar refractivity (Wildman–Crippen MR) is 127 cm³/mol. The van der Waals surface area contributed by atoms with Crippen LogP contribution in [0.2, 0.25) is 0 Å². The maximum absolute atomic E-state index is 12.7. The number of benzene rings is 2. The maximum atomic E-state index is 12.7. The predicted octanol–water partition coefficient (Wildman–Crippen LogP) is 1.36. The van der Waals surface area contributed by atoms with Gasteiger partial charge in [-0.15, -0.1) is 0 Å². The third-order valence-corrected chi connectivity index (χ3v) is 4.78. The summed E-state index contributed by atoms with van der Waals surface area (Å²) in [6, 6.07) is 14.3. The molecule has 0 saturated carbocycles. The summed E-state index contributed by atoms with van der Waals surface area (Å²) < 4.78 is 10.4. The molecule has 3 rings (SSSR count). The first-order valence-corrected chi connectivity index (χ1v) is 10.9. The number of nitrogens with zero attached hydrogens (tertiary/aromatic N) is 4. The van der Waals surface area contributed by atoms with E-state index in [9.17, 15) is 10.2 Å². The molecule has 0 amide bonds. The minimum atomic E-state index is -0.532. The Bertz CT molecular complexity index is 1340. The molecular weight excluding hydrogens is 491 g/mol. The van der Waals surface area contributed by atoms with E-state index < -0.39 is 11.9 Å². The van der Waals surface area contributed by atoms with E-state index in [4.69, 9.17) is 9.47 Å². The molecule has 0 fully saturated rings. The van der Waals surface area contributed by atoms with Crippen LogP contribution in [0.5, 0.6) is 0 Å². The minimum Gasteiger partial charge on any atom is -0.613 e. The second kappa shape index (κ2) is 13.3. The summed E-state index contributed by atoms with van der Waals surface area (Å²) in [6.07, 6.45) is 2.84. The summed E-state index contributed by atoms with van der Waals surface area (Å²) in [5, 5.41) is 25.8. The Kier molecular flexibility index (Phi) is 10.4. The molecule has 0 aliphatic rings. The summed E-state index contributed by atoms with van der Waals surface area (Å²) in [7, 11) is 0. The Morgan fingerprint density at radius 3 is 1.34 bits per heavy atom. The molecule has 0 spiro atoms. The number of hydrogen-bond acceptors (Lipinski definition) is 8. The summed E-state index contributed by atoms with van der Waals surface area (Å²) >= 11 is 0. The van der Waals surface area contributed by atoms with Gasteiger partial charge in [0.15, 0.2) is 0 Å². The van der Waals surface area contributed by atoms with Crippen LogP contribution in [0.25, 0.3) is 34.0 Å². The van der Waals surface area contributed by atoms with E-state index in [1.807, 2.05) is 12.1 Å². The molecule has 9 heteroatoms. The van der Waals surface area contributed by atoms with Gasteiger partial charge in [-0.3, -0.25) is 19.9 Å². The van der Waals surface area contributed by atoms with Crippen molar-refractivity contribution in [1.29, 1.82) is 0 Å². The van der Waals surface area contributed by atoms with Crippen LogP contribution in [0.15, 0.2) is 60.9 Å². The van der Waals surface area contributed by atoms with E-state index in [2.05, 4.69) is 19.9 Å². The maximum Gasteiger partial charge on any atom is 2.00 e. The number of aromatic nitrogens is 4. The number of aryl methyl sites for hydroxylation is 2. The normalized spacial score (nSPS) is 12.0. The summed E-state index contributed by atoms with van der Waals surface area (Å²) in [5.74, 6) is -1.06. The van der Waals surface area contributed by atoms with Crippen molar-refractivity contribution in [2.75, 3.05) is 13.2 Å². The van der Waals surface area contributed by atoms with Crippen molar-refractivity contribution in [1.82, 2.24) is 19.9 Å². The van der Waals surface area contributed by atoms with Crippen LogP contribution in [0.4, 0.5) is 0 Å². The fourth-order valence-electron chi connectivity index (χ4n) is 3.09. The monoisotopic (exact) mass is 517 g/mol. The van der Waals surface area contributed by atoms with E-state index in [1.165, 1.54) is 12.4 Å². The van der Waals surface area contributed by atoms with Gasteiger partial charge in [-0.2, -0.15) is 0 Å². The minimum absolute atomic E-state index is 0. The largest absolute Gasteiger partial charge is 2.00 e. The summed E-state index contributed by atoms with van der Waals surface area (Å²) in [5.41, 5.74) is 2.87. The molecule has 0 bridgehead atoms. The molecule has 0 saturated heterocycles. The van der Waals surface area contributed by atoms with Crippen molar-refractivity contribution in [3.8, 4) is 0 Å². The Balaban J connectivity index is 0.00000432. The molecule has 35 heavy (non-hydrogen) atoms. The Hall–Kier alpha value is -3.69.